The summed E-state index contributed by atoms with van der Waals surface area (Å²) in [7, 11) is 0. The van der Waals surface area contributed by atoms with Crippen LogP contribution in [-0.2, 0) is 16.0 Å². The van der Waals surface area contributed by atoms with Crippen LogP contribution in [-0.4, -0.2) is 12.6 Å². The minimum Gasteiger partial charge on any atom is -0.465 e. The summed E-state index contributed by atoms with van der Waals surface area (Å²) in [6.45, 7) is 2.53. The van der Waals surface area contributed by atoms with Crippen LogP contribution >= 0.6 is 0 Å². The summed E-state index contributed by atoms with van der Waals surface area (Å²) in [5.74, 6) is 0.137. The summed E-state index contributed by atoms with van der Waals surface area (Å²) in [5, 5.41) is 0. The Labute approximate surface area is 126 Å². The van der Waals surface area contributed by atoms with Crippen molar-refractivity contribution in [2.75, 3.05) is 6.61 Å². The summed E-state index contributed by atoms with van der Waals surface area (Å²) in [6, 6.07) is 20.4. The molecule has 2 aromatic rings. The summed E-state index contributed by atoms with van der Waals surface area (Å²) < 4.78 is 5.36. The Morgan fingerprint density at radius 1 is 1.00 bits per heavy atom. The first kappa shape index (κ1) is 15.3. The average molecular weight is 282 g/mol. The van der Waals surface area contributed by atoms with Crippen molar-refractivity contribution in [2.24, 2.45) is 0 Å². The lowest BCUT2D eigenvalue weighted by atomic mass is 10.0. The molecule has 0 heterocycles. The quantitative estimate of drug-likeness (QED) is 0.705. The Kier molecular flexibility index (Phi) is 6.01. The number of hydrogen-bond donors (Lipinski definition) is 0. The molecule has 0 amide bonds. The maximum Gasteiger partial charge on any atom is 0.305 e. The summed E-state index contributed by atoms with van der Waals surface area (Å²) >= 11 is 0. The molecule has 0 aromatic heterocycles. The minimum atomic E-state index is -0.103. The Balaban J connectivity index is 1.66. The van der Waals surface area contributed by atoms with Gasteiger partial charge in [0.15, 0.2) is 0 Å². The van der Waals surface area contributed by atoms with Crippen LogP contribution in [0.15, 0.2) is 60.7 Å². The molecule has 0 spiro atoms. The zero-order valence-electron chi connectivity index (χ0n) is 12.5. The number of benzene rings is 2. The van der Waals surface area contributed by atoms with E-state index in [1.807, 2.05) is 36.4 Å². The van der Waals surface area contributed by atoms with Crippen molar-refractivity contribution >= 4 is 5.97 Å². The molecule has 0 N–H and O–H groups in total. The van der Waals surface area contributed by atoms with E-state index in [4.69, 9.17) is 4.74 Å². The van der Waals surface area contributed by atoms with Crippen LogP contribution in [0, 0.1) is 0 Å². The molecule has 2 heteroatoms. The Hall–Kier alpha value is -2.09. The standard InChI is InChI=1S/C19H22O2/c1-16(18-12-6-3-7-13-18)15-21-19(20)14-8-11-17-9-4-2-5-10-17/h2-7,9-10,12-13,16H,8,11,14-15H2,1H3/t16-/m0/s1. The van der Waals surface area contributed by atoms with E-state index in [-0.39, 0.29) is 11.9 Å². The van der Waals surface area contributed by atoms with Crippen LogP contribution in [0.5, 0.6) is 0 Å². The van der Waals surface area contributed by atoms with Gasteiger partial charge in [-0.2, -0.15) is 0 Å². The maximum atomic E-state index is 11.7. The van der Waals surface area contributed by atoms with Crippen molar-refractivity contribution < 1.29 is 9.53 Å². The van der Waals surface area contributed by atoms with Crippen molar-refractivity contribution in [1.29, 1.82) is 0 Å². The van der Waals surface area contributed by atoms with Gasteiger partial charge in [0.2, 0.25) is 0 Å². The highest BCUT2D eigenvalue weighted by atomic mass is 16.5. The van der Waals surface area contributed by atoms with Gasteiger partial charge in [0.25, 0.3) is 0 Å². The molecule has 0 aliphatic carbocycles. The Morgan fingerprint density at radius 3 is 2.29 bits per heavy atom. The first-order valence-electron chi connectivity index (χ1n) is 7.50. The fourth-order valence-electron chi connectivity index (χ4n) is 2.25. The van der Waals surface area contributed by atoms with Crippen molar-refractivity contribution in [1.82, 2.24) is 0 Å². The van der Waals surface area contributed by atoms with E-state index in [2.05, 4.69) is 31.2 Å². The van der Waals surface area contributed by atoms with Gasteiger partial charge in [-0.25, -0.2) is 0 Å². The highest BCUT2D eigenvalue weighted by molar-refractivity contribution is 5.69. The summed E-state index contributed by atoms with van der Waals surface area (Å²) in [4.78, 5) is 11.7. The first-order valence-corrected chi connectivity index (χ1v) is 7.50. The lowest BCUT2D eigenvalue weighted by Crippen LogP contribution is -2.11. The molecule has 2 nitrogen and oxygen atoms in total. The molecule has 2 rings (SSSR count). The van der Waals surface area contributed by atoms with Gasteiger partial charge in [0.1, 0.15) is 0 Å². The second-order valence-corrected chi connectivity index (χ2v) is 5.33. The van der Waals surface area contributed by atoms with Gasteiger partial charge in [-0.15, -0.1) is 0 Å². The second kappa shape index (κ2) is 8.25. The zero-order valence-corrected chi connectivity index (χ0v) is 12.5. The van der Waals surface area contributed by atoms with Crippen molar-refractivity contribution in [3.8, 4) is 0 Å². The second-order valence-electron chi connectivity index (χ2n) is 5.33. The molecule has 21 heavy (non-hydrogen) atoms. The third-order valence-electron chi connectivity index (χ3n) is 3.55. The Bertz CT molecular complexity index is 534. The normalized spacial score (nSPS) is 11.9. The van der Waals surface area contributed by atoms with Crippen LogP contribution in [0.4, 0.5) is 0 Å². The SMILES string of the molecule is C[C@@H](COC(=O)CCCc1ccccc1)c1ccccc1. The molecule has 0 unspecified atom stereocenters. The molecule has 0 saturated heterocycles. The van der Waals surface area contributed by atoms with Crippen LogP contribution in [0.25, 0.3) is 0 Å². The molecule has 0 radical (unpaired) electrons. The molecular formula is C19H22O2. The van der Waals surface area contributed by atoms with Gasteiger partial charge >= 0.3 is 5.97 Å². The number of ether oxygens (including phenoxy) is 1. The van der Waals surface area contributed by atoms with Gasteiger partial charge in [0.05, 0.1) is 6.61 Å². The zero-order chi connectivity index (χ0) is 14.9. The van der Waals surface area contributed by atoms with Gasteiger partial charge in [-0.3, -0.25) is 4.79 Å². The first-order chi connectivity index (χ1) is 10.3. The smallest absolute Gasteiger partial charge is 0.305 e. The van der Waals surface area contributed by atoms with E-state index in [0.717, 1.165) is 12.8 Å². The fraction of sp³-hybridized carbons (Fsp3) is 0.316. The van der Waals surface area contributed by atoms with Gasteiger partial charge < -0.3 is 4.74 Å². The molecule has 0 aliphatic rings. The molecule has 110 valence electrons. The third kappa shape index (κ3) is 5.42. The van der Waals surface area contributed by atoms with E-state index in [1.54, 1.807) is 0 Å². The largest absolute Gasteiger partial charge is 0.465 e. The van der Waals surface area contributed by atoms with E-state index in [9.17, 15) is 4.79 Å². The summed E-state index contributed by atoms with van der Waals surface area (Å²) in [6.07, 6.45) is 2.24. The Morgan fingerprint density at radius 2 is 1.62 bits per heavy atom. The number of aryl methyl sites for hydroxylation is 1. The van der Waals surface area contributed by atoms with Crippen LogP contribution in [0.1, 0.15) is 36.8 Å². The number of esters is 1. The maximum absolute atomic E-state index is 11.7. The van der Waals surface area contributed by atoms with Crippen LogP contribution < -0.4 is 0 Å². The minimum absolute atomic E-state index is 0.103. The number of carbonyl (C=O) groups is 1. The van der Waals surface area contributed by atoms with E-state index in [1.165, 1.54) is 11.1 Å². The lowest BCUT2D eigenvalue weighted by molar-refractivity contribution is -0.144. The number of rotatable bonds is 7. The topological polar surface area (TPSA) is 26.3 Å². The van der Waals surface area contributed by atoms with Crippen LogP contribution in [0.2, 0.25) is 0 Å². The van der Waals surface area contributed by atoms with Crippen LogP contribution in [0.3, 0.4) is 0 Å². The number of carbonyl (C=O) groups excluding carboxylic acids is 1. The van der Waals surface area contributed by atoms with E-state index >= 15 is 0 Å². The molecule has 0 aliphatic heterocycles. The molecule has 0 bridgehead atoms. The van der Waals surface area contributed by atoms with Gasteiger partial charge in [0, 0.05) is 12.3 Å². The molecule has 0 fully saturated rings. The van der Waals surface area contributed by atoms with Gasteiger partial charge in [-0.05, 0) is 24.0 Å². The third-order valence-corrected chi connectivity index (χ3v) is 3.55. The van der Waals surface area contributed by atoms with Crippen molar-refractivity contribution in [3.05, 3.63) is 71.8 Å². The van der Waals surface area contributed by atoms with E-state index in [0.29, 0.717) is 13.0 Å². The van der Waals surface area contributed by atoms with Gasteiger partial charge in [-0.1, -0.05) is 67.6 Å². The van der Waals surface area contributed by atoms with Crippen molar-refractivity contribution in [2.45, 2.75) is 32.1 Å². The summed E-state index contributed by atoms with van der Waals surface area (Å²) in [5.41, 5.74) is 2.47. The lowest BCUT2D eigenvalue weighted by Gasteiger charge is -2.12. The molecule has 1 atom stereocenters. The molecule has 2 aromatic carbocycles. The fourth-order valence-corrected chi connectivity index (χ4v) is 2.25. The average Bonchev–Trinajstić information content (AvgIpc) is 2.54. The highest BCUT2D eigenvalue weighted by Crippen LogP contribution is 2.15. The molecular weight excluding hydrogens is 260 g/mol. The molecule has 0 saturated carbocycles. The highest BCUT2D eigenvalue weighted by Gasteiger charge is 2.09. The number of hydrogen-bond acceptors (Lipinski definition) is 2. The van der Waals surface area contributed by atoms with E-state index < -0.39 is 0 Å². The van der Waals surface area contributed by atoms with Crippen molar-refractivity contribution in [3.63, 3.8) is 0 Å². The predicted octanol–water partition coefficient (Wildman–Crippen LogP) is 4.36. The monoisotopic (exact) mass is 282 g/mol. The predicted molar refractivity (Wildman–Crippen MR) is 85.2 cm³/mol.